The molecule has 2 aromatic carbocycles. The first-order chi connectivity index (χ1) is 13.8. The molecule has 1 aliphatic rings. The van der Waals surface area contributed by atoms with Gasteiger partial charge in [-0.2, -0.15) is 0 Å². The number of allylic oxidation sites excluding steroid dienone is 1. The van der Waals surface area contributed by atoms with Gasteiger partial charge in [0.25, 0.3) is 5.69 Å². The molecule has 0 bridgehead atoms. The van der Waals surface area contributed by atoms with E-state index in [0.717, 1.165) is 0 Å². The minimum atomic E-state index is -0.886. The number of nitrogens with one attached hydrogen (secondary N) is 1. The summed E-state index contributed by atoms with van der Waals surface area (Å²) in [5, 5.41) is 14.6. The summed E-state index contributed by atoms with van der Waals surface area (Å²) >= 11 is 5.46. The van der Waals surface area contributed by atoms with Crippen LogP contribution in [0.4, 0.5) is 15.8 Å². The molecule has 150 valence electrons. The van der Waals surface area contributed by atoms with Crippen LogP contribution in [0.25, 0.3) is 0 Å². The molecular formula is C20H18FN3O4S. The summed E-state index contributed by atoms with van der Waals surface area (Å²) in [5.41, 5.74) is 1.55. The summed E-state index contributed by atoms with van der Waals surface area (Å²) in [6, 6.07) is 9.79. The zero-order chi connectivity index (χ0) is 21.3. The fourth-order valence-electron chi connectivity index (χ4n) is 3.28. The van der Waals surface area contributed by atoms with Gasteiger partial charge in [-0.05, 0) is 49.8 Å². The van der Waals surface area contributed by atoms with E-state index in [0.29, 0.717) is 16.9 Å². The van der Waals surface area contributed by atoms with Gasteiger partial charge in [-0.25, -0.2) is 9.18 Å². The summed E-state index contributed by atoms with van der Waals surface area (Å²) in [5.74, 6) is -1.09. The van der Waals surface area contributed by atoms with Crippen LogP contribution in [0.15, 0.2) is 53.7 Å². The molecule has 1 N–H and O–H groups in total. The van der Waals surface area contributed by atoms with Gasteiger partial charge < -0.3 is 10.1 Å². The van der Waals surface area contributed by atoms with Gasteiger partial charge in [0.05, 0.1) is 34.9 Å². The van der Waals surface area contributed by atoms with Crippen molar-refractivity contribution in [1.82, 2.24) is 5.32 Å². The summed E-state index contributed by atoms with van der Waals surface area (Å²) < 4.78 is 19.0. The maximum Gasteiger partial charge on any atom is 0.337 e. The lowest BCUT2D eigenvalue weighted by Crippen LogP contribution is -2.48. The Bertz CT molecular complexity index is 1050. The van der Waals surface area contributed by atoms with Crippen molar-refractivity contribution in [3.63, 3.8) is 0 Å². The Kier molecular flexibility index (Phi) is 5.60. The van der Waals surface area contributed by atoms with Crippen molar-refractivity contribution in [1.29, 1.82) is 0 Å². The van der Waals surface area contributed by atoms with E-state index in [4.69, 9.17) is 17.0 Å². The number of ether oxygens (including phenoxy) is 1. The third-order valence-corrected chi connectivity index (χ3v) is 5.05. The zero-order valence-corrected chi connectivity index (χ0v) is 16.7. The fourth-order valence-corrected chi connectivity index (χ4v) is 3.64. The van der Waals surface area contributed by atoms with E-state index >= 15 is 0 Å². The standard InChI is InChI=1S/C20H18FN3O4S/c1-11-8-9-13(10-15(11)21)23-12(2)17(19(25)28-3)18(22-20(23)29)14-6-4-5-7-16(14)24(26)27/h4-10,18H,1-3H3,(H,22,29)/t18-/m1/s1. The van der Waals surface area contributed by atoms with Gasteiger partial charge in [-0.1, -0.05) is 18.2 Å². The lowest BCUT2D eigenvalue weighted by molar-refractivity contribution is -0.385. The minimum Gasteiger partial charge on any atom is -0.466 e. The maximum absolute atomic E-state index is 14.1. The topological polar surface area (TPSA) is 84.7 Å². The van der Waals surface area contributed by atoms with E-state index in [9.17, 15) is 19.3 Å². The zero-order valence-electron chi connectivity index (χ0n) is 15.9. The monoisotopic (exact) mass is 415 g/mol. The number of carbonyl (C=O) groups is 1. The Morgan fingerprint density at radius 3 is 2.59 bits per heavy atom. The summed E-state index contributed by atoms with van der Waals surface area (Å²) in [7, 11) is 1.22. The molecule has 0 saturated carbocycles. The number of thiocarbonyl (C=S) groups is 1. The lowest BCUT2D eigenvalue weighted by atomic mass is 9.93. The molecule has 1 aliphatic heterocycles. The molecule has 0 radical (unpaired) electrons. The van der Waals surface area contributed by atoms with Crippen LogP contribution in [0.5, 0.6) is 0 Å². The Hall–Kier alpha value is -3.33. The molecule has 0 aliphatic carbocycles. The quantitative estimate of drug-likeness (QED) is 0.351. The van der Waals surface area contributed by atoms with E-state index in [1.807, 2.05) is 0 Å². The van der Waals surface area contributed by atoms with Crippen molar-refractivity contribution < 1.29 is 18.8 Å². The second-order valence-electron chi connectivity index (χ2n) is 6.46. The van der Waals surface area contributed by atoms with E-state index in [2.05, 4.69) is 5.32 Å². The van der Waals surface area contributed by atoms with Crippen molar-refractivity contribution >= 4 is 34.7 Å². The van der Waals surface area contributed by atoms with Gasteiger partial charge in [0.15, 0.2) is 5.11 Å². The van der Waals surface area contributed by atoms with Crippen molar-refractivity contribution in [2.24, 2.45) is 0 Å². The van der Waals surface area contributed by atoms with Crippen LogP contribution >= 0.6 is 12.2 Å². The number of hydrogen-bond donors (Lipinski definition) is 1. The van der Waals surface area contributed by atoms with Gasteiger partial charge in [0, 0.05) is 11.8 Å². The fraction of sp³-hybridized carbons (Fsp3) is 0.200. The Morgan fingerprint density at radius 1 is 1.28 bits per heavy atom. The number of methoxy groups -OCH3 is 1. The van der Waals surface area contributed by atoms with Crippen LogP contribution in [-0.4, -0.2) is 23.1 Å². The second kappa shape index (κ2) is 7.96. The number of hydrogen-bond acceptors (Lipinski definition) is 5. The van der Waals surface area contributed by atoms with E-state index in [1.165, 1.54) is 24.1 Å². The number of anilines is 1. The van der Waals surface area contributed by atoms with Gasteiger partial charge in [-0.15, -0.1) is 0 Å². The summed E-state index contributed by atoms with van der Waals surface area (Å²) in [4.78, 5) is 25.1. The van der Waals surface area contributed by atoms with Crippen LogP contribution in [0.2, 0.25) is 0 Å². The molecule has 1 heterocycles. The van der Waals surface area contributed by atoms with E-state index in [1.54, 1.807) is 44.2 Å². The van der Waals surface area contributed by atoms with E-state index < -0.39 is 22.8 Å². The SMILES string of the molecule is COC(=O)C1=C(C)N(c2ccc(C)c(F)c2)C(=S)N[C@@H]1c1ccccc1[N+](=O)[O-]. The van der Waals surface area contributed by atoms with Crippen molar-refractivity contribution in [3.05, 3.63) is 80.8 Å². The van der Waals surface area contributed by atoms with Crippen LogP contribution in [0.3, 0.4) is 0 Å². The first kappa shape index (κ1) is 20.4. The van der Waals surface area contributed by atoms with Gasteiger partial charge >= 0.3 is 5.97 Å². The predicted molar refractivity (Wildman–Crippen MR) is 110 cm³/mol. The number of aryl methyl sites for hydroxylation is 1. The molecule has 29 heavy (non-hydrogen) atoms. The largest absolute Gasteiger partial charge is 0.466 e. The molecule has 0 aromatic heterocycles. The average Bonchev–Trinajstić information content (AvgIpc) is 2.69. The number of para-hydroxylation sites is 1. The number of benzene rings is 2. The highest BCUT2D eigenvalue weighted by atomic mass is 32.1. The molecule has 0 fully saturated rings. The molecule has 1 atom stereocenters. The predicted octanol–water partition coefficient (Wildman–Crippen LogP) is 3.93. The van der Waals surface area contributed by atoms with Crippen LogP contribution < -0.4 is 10.2 Å². The first-order valence-corrected chi connectivity index (χ1v) is 9.06. The molecule has 0 unspecified atom stereocenters. The smallest absolute Gasteiger partial charge is 0.337 e. The number of nitro groups is 1. The second-order valence-corrected chi connectivity index (χ2v) is 6.84. The van der Waals surface area contributed by atoms with Crippen molar-refractivity contribution in [2.75, 3.05) is 12.0 Å². The lowest BCUT2D eigenvalue weighted by Gasteiger charge is -2.37. The highest BCUT2D eigenvalue weighted by molar-refractivity contribution is 7.80. The molecule has 2 aromatic rings. The molecule has 3 rings (SSSR count). The highest BCUT2D eigenvalue weighted by Crippen LogP contribution is 2.37. The first-order valence-electron chi connectivity index (χ1n) is 8.65. The Labute approximate surface area is 171 Å². The Balaban J connectivity index is 2.20. The minimum absolute atomic E-state index is 0.149. The number of carbonyl (C=O) groups excluding carboxylic acids is 1. The normalized spacial score (nSPS) is 16.5. The third kappa shape index (κ3) is 3.68. The van der Waals surface area contributed by atoms with Crippen molar-refractivity contribution in [2.45, 2.75) is 19.9 Å². The molecule has 9 heteroatoms. The number of esters is 1. The number of nitro benzene ring substituents is 1. The maximum atomic E-state index is 14.1. The number of nitrogens with zero attached hydrogens (tertiary/aromatic N) is 2. The van der Waals surface area contributed by atoms with Gasteiger partial charge in [0.1, 0.15) is 5.82 Å². The summed E-state index contributed by atoms with van der Waals surface area (Å²) in [6.07, 6.45) is 0. The van der Waals surface area contributed by atoms with Gasteiger partial charge in [0.2, 0.25) is 0 Å². The molecule has 0 spiro atoms. The average molecular weight is 415 g/mol. The molecule has 7 nitrogen and oxygen atoms in total. The Morgan fingerprint density at radius 2 is 1.97 bits per heavy atom. The van der Waals surface area contributed by atoms with Crippen LogP contribution in [0.1, 0.15) is 24.1 Å². The number of halogens is 1. The van der Waals surface area contributed by atoms with Gasteiger partial charge in [-0.3, -0.25) is 15.0 Å². The van der Waals surface area contributed by atoms with Crippen molar-refractivity contribution in [3.8, 4) is 0 Å². The van der Waals surface area contributed by atoms with Crippen LogP contribution in [-0.2, 0) is 9.53 Å². The molecule has 0 amide bonds. The molecular weight excluding hydrogens is 397 g/mol. The number of rotatable bonds is 4. The van der Waals surface area contributed by atoms with E-state index in [-0.39, 0.29) is 21.9 Å². The summed E-state index contributed by atoms with van der Waals surface area (Å²) in [6.45, 7) is 3.28. The third-order valence-electron chi connectivity index (χ3n) is 4.75. The van der Waals surface area contributed by atoms with Crippen LogP contribution in [0, 0.1) is 22.9 Å². The highest BCUT2D eigenvalue weighted by Gasteiger charge is 2.38. The molecule has 0 saturated heterocycles.